The lowest BCUT2D eigenvalue weighted by Gasteiger charge is -2.38. The number of carbonyl (C=O) groups excluding carboxylic acids is 1. The van der Waals surface area contributed by atoms with E-state index in [4.69, 9.17) is 5.73 Å². The van der Waals surface area contributed by atoms with Gasteiger partial charge in [-0.25, -0.2) is 0 Å². The van der Waals surface area contributed by atoms with Crippen molar-refractivity contribution in [1.82, 2.24) is 4.90 Å². The molecule has 2 rings (SSSR count). The molecule has 2 aliphatic rings. The molecule has 4 unspecified atom stereocenters. The third-order valence-corrected chi connectivity index (χ3v) is 5.02. The van der Waals surface area contributed by atoms with Crippen LogP contribution in [0.5, 0.6) is 0 Å². The average Bonchev–Trinajstić information content (AvgIpc) is 2.26. The van der Waals surface area contributed by atoms with E-state index in [1.54, 1.807) is 0 Å². The van der Waals surface area contributed by atoms with Crippen molar-refractivity contribution in [3.8, 4) is 0 Å². The van der Waals surface area contributed by atoms with Gasteiger partial charge in [-0.3, -0.25) is 4.79 Å². The summed E-state index contributed by atoms with van der Waals surface area (Å²) >= 11 is 1.99. The number of rotatable bonds is 1. The number of hydrogen-bond acceptors (Lipinski definition) is 3. The number of carbonyl (C=O) groups is 1. The van der Waals surface area contributed by atoms with Crippen LogP contribution in [-0.4, -0.2) is 40.4 Å². The minimum Gasteiger partial charge on any atom is -0.340 e. The van der Waals surface area contributed by atoms with E-state index in [1.807, 2.05) is 11.8 Å². The molecular weight excluding hydrogens is 232 g/mol. The Balaban J connectivity index is 1.94. The van der Waals surface area contributed by atoms with E-state index in [0.29, 0.717) is 16.4 Å². The molecule has 1 saturated heterocycles. The molecule has 0 spiro atoms. The molecule has 98 valence electrons. The van der Waals surface area contributed by atoms with Crippen LogP contribution in [0, 0.1) is 5.92 Å². The van der Waals surface area contributed by atoms with Crippen LogP contribution in [0.15, 0.2) is 0 Å². The first-order valence-electron chi connectivity index (χ1n) is 6.76. The van der Waals surface area contributed by atoms with Crippen molar-refractivity contribution in [2.75, 3.05) is 13.1 Å². The molecule has 3 nitrogen and oxygen atoms in total. The van der Waals surface area contributed by atoms with Crippen LogP contribution in [0.4, 0.5) is 0 Å². The highest BCUT2D eigenvalue weighted by molar-refractivity contribution is 8.00. The molecule has 4 atom stereocenters. The molecule has 0 radical (unpaired) electrons. The third kappa shape index (κ3) is 3.38. The van der Waals surface area contributed by atoms with Crippen LogP contribution >= 0.6 is 11.8 Å². The first kappa shape index (κ1) is 13.2. The molecule has 1 aliphatic heterocycles. The molecule has 2 fully saturated rings. The molecular formula is C13H24N2OS. The summed E-state index contributed by atoms with van der Waals surface area (Å²) in [4.78, 5) is 14.5. The van der Waals surface area contributed by atoms with E-state index in [0.717, 1.165) is 38.8 Å². The second kappa shape index (κ2) is 5.61. The van der Waals surface area contributed by atoms with Gasteiger partial charge in [0.1, 0.15) is 0 Å². The summed E-state index contributed by atoms with van der Waals surface area (Å²) in [5.41, 5.74) is 5.97. The average molecular weight is 256 g/mol. The lowest BCUT2D eigenvalue weighted by Crippen LogP contribution is -2.48. The SMILES string of the molecule is CC1CN(C(=O)C2CCCC(N)C2)CC(C)S1. The van der Waals surface area contributed by atoms with Gasteiger partial charge in [0, 0.05) is 35.5 Å². The van der Waals surface area contributed by atoms with Gasteiger partial charge in [-0.1, -0.05) is 20.3 Å². The molecule has 0 aromatic carbocycles. The summed E-state index contributed by atoms with van der Waals surface area (Å²) in [6.45, 7) is 6.26. The Hall–Kier alpha value is -0.220. The minimum atomic E-state index is 0.196. The zero-order valence-electron chi connectivity index (χ0n) is 10.9. The maximum atomic E-state index is 12.5. The fourth-order valence-electron chi connectivity index (χ4n) is 3.07. The number of hydrogen-bond donors (Lipinski definition) is 1. The predicted octanol–water partition coefficient (Wildman–Crippen LogP) is 1.86. The van der Waals surface area contributed by atoms with Crippen LogP contribution in [0.2, 0.25) is 0 Å². The van der Waals surface area contributed by atoms with E-state index in [2.05, 4.69) is 18.7 Å². The van der Waals surface area contributed by atoms with Gasteiger partial charge in [-0.15, -0.1) is 0 Å². The predicted molar refractivity (Wildman–Crippen MR) is 73.0 cm³/mol. The largest absolute Gasteiger partial charge is 0.340 e. The molecule has 0 aromatic rings. The van der Waals surface area contributed by atoms with Crippen LogP contribution in [0.3, 0.4) is 0 Å². The first-order valence-corrected chi connectivity index (χ1v) is 7.70. The summed E-state index contributed by atoms with van der Waals surface area (Å²) in [6.07, 6.45) is 4.14. The topological polar surface area (TPSA) is 46.3 Å². The summed E-state index contributed by atoms with van der Waals surface area (Å²) < 4.78 is 0. The summed E-state index contributed by atoms with van der Waals surface area (Å²) in [7, 11) is 0. The van der Waals surface area contributed by atoms with Gasteiger partial charge in [-0.2, -0.15) is 11.8 Å². The van der Waals surface area contributed by atoms with Gasteiger partial charge >= 0.3 is 0 Å². The molecule has 1 saturated carbocycles. The molecule has 1 aliphatic carbocycles. The highest BCUT2D eigenvalue weighted by Gasteiger charge is 2.32. The normalized spacial score (nSPS) is 39.1. The monoisotopic (exact) mass is 256 g/mol. The highest BCUT2D eigenvalue weighted by Crippen LogP contribution is 2.29. The van der Waals surface area contributed by atoms with E-state index in [1.165, 1.54) is 0 Å². The quantitative estimate of drug-likeness (QED) is 0.779. The number of thioether (sulfide) groups is 1. The van der Waals surface area contributed by atoms with Crippen molar-refractivity contribution in [2.24, 2.45) is 11.7 Å². The molecule has 1 amide bonds. The van der Waals surface area contributed by atoms with Crippen LogP contribution < -0.4 is 5.73 Å². The fourth-order valence-corrected chi connectivity index (χ4v) is 4.39. The number of nitrogens with zero attached hydrogens (tertiary/aromatic N) is 1. The smallest absolute Gasteiger partial charge is 0.225 e. The lowest BCUT2D eigenvalue weighted by molar-refractivity contribution is -0.136. The Bertz CT molecular complexity index is 275. The standard InChI is InChI=1S/C13H24N2OS/c1-9-7-15(8-10(2)17-9)13(16)11-4-3-5-12(14)6-11/h9-12H,3-8,14H2,1-2H3. The maximum absolute atomic E-state index is 12.5. The van der Waals surface area contributed by atoms with Crippen LogP contribution in [0.25, 0.3) is 0 Å². The van der Waals surface area contributed by atoms with Gasteiger partial charge in [0.2, 0.25) is 5.91 Å². The van der Waals surface area contributed by atoms with Crippen LogP contribution in [-0.2, 0) is 4.79 Å². The summed E-state index contributed by atoms with van der Waals surface area (Å²) in [5.74, 6) is 0.556. The third-order valence-electron chi connectivity index (χ3n) is 3.80. The van der Waals surface area contributed by atoms with E-state index < -0.39 is 0 Å². The first-order chi connectivity index (χ1) is 8.06. The fraction of sp³-hybridized carbons (Fsp3) is 0.923. The van der Waals surface area contributed by atoms with Gasteiger partial charge in [0.25, 0.3) is 0 Å². The van der Waals surface area contributed by atoms with Gasteiger partial charge in [0.15, 0.2) is 0 Å². The maximum Gasteiger partial charge on any atom is 0.225 e. The zero-order chi connectivity index (χ0) is 12.4. The Labute approximate surface area is 108 Å². The minimum absolute atomic E-state index is 0.196. The van der Waals surface area contributed by atoms with Crippen molar-refractivity contribution in [1.29, 1.82) is 0 Å². The van der Waals surface area contributed by atoms with Gasteiger partial charge in [-0.05, 0) is 19.3 Å². The van der Waals surface area contributed by atoms with Gasteiger partial charge in [0.05, 0.1) is 0 Å². The Morgan fingerprint density at radius 2 is 1.88 bits per heavy atom. The van der Waals surface area contributed by atoms with E-state index in [9.17, 15) is 4.79 Å². The van der Waals surface area contributed by atoms with Crippen molar-refractivity contribution >= 4 is 17.7 Å². The van der Waals surface area contributed by atoms with E-state index >= 15 is 0 Å². The second-order valence-electron chi connectivity index (χ2n) is 5.62. The van der Waals surface area contributed by atoms with Crippen molar-refractivity contribution < 1.29 is 4.79 Å². The van der Waals surface area contributed by atoms with Crippen molar-refractivity contribution in [3.05, 3.63) is 0 Å². The molecule has 1 heterocycles. The molecule has 0 bridgehead atoms. The Morgan fingerprint density at radius 3 is 2.47 bits per heavy atom. The summed E-state index contributed by atoms with van der Waals surface area (Å²) in [6, 6.07) is 0.242. The molecule has 0 aromatic heterocycles. The summed E-state index contributed by atoms with van der Waals surface area (Å²) in [5, 5.41) is 1.14. The highest BCUT2D eigenvalue weighted by atomic mass is 32.2. The van der Waals surface area contributed by atoms with Gasteiger partial charge < -0.3 is 10.6 Å². The zero-order valence-corrected chi connectivity index (χ0v) is 11.7. The molecule has 4 heteroatoms. The molecule has 2 N–H and O–H groups in total. The molecule has 17 heavy (non-hydrogen) atoms. The van der Waals surface area contributed by atoms with Crippen molar-refractivity contribution in [2.45, 2.75) is 56.1 Å². The van der Waals surface area contributed by atoms with Crippen molar-refractivity contribution in [3.63, 3.8) is 0 Å². The number of amides is 1. The van der Waals surface area contributed by atoms with E-state index in [-0.39, 0.29) is 12.0 Å². The van der Waals surface area contributed by atoms with Crippen LogP contribution in [0.1, 0.15) is 39.5 Å². The lowest BCUT2D eigenvalue weighted by atomic mass is 9.85. The Morgan fingerprint density at radius 1 is 1.24 bits per heavy atom. The number of nitrogens with two attached hydrogens (primary N) is 1. The second-order valence-corrected chi connectivity index (χ2v) is 7.51. The Kier molecular flexibility index (Phi) is 4.36.